The number of nitrogens with zero attached hydrogens (tertiary/aromatic N) is 1. The molecule has 7 heteroatoms. The van der Waals surface area contributed by atoms with Crippen molar-refractivity contribution in [3.63, 3.8) is 0 Å². The third-order valence-corrected chi connectivity index (χ3v) is 2.36. The smallest absolute Gasteiger partial charge is 0.329 e. The Morgan fingerprint density at radius 3 is 2.88 bits per heavy atom. The van der Waals surface area contributed by atoms with E-state index in [-0.39, 0.29) is 5.22 Å². The van der Waals surface area contributed by atoms with Gasteiger partial charge in [0.05, 0.1) is 0 Å². The molecule has 0 aliphatic heterocycles. The second-order valence-corrected chi connectivity index (χ2v) is 3.74. The maximum atomic E-state index is 10.9. The number of aliphatic carboxylic acids is 1. The van der Waals surface area contributed by atoms with Gasteiger partial charge in [0.2, 0.25) is 0 Å². The predicted molar refractivity (Wildman–Crippen MR) is 58.2 cm³/mol. The van der Waals surface area contributed by atoms with E-state index < -0.39 is 18.4 Å². The molecule has 2 aromatic rings. The molecule has 0 unspecified atom stereocenters. The number of carboxylic acids is 1. The highest BCUT2D eigenvalue weighted by Gasteiger charge is 2.13. The summed E-state index contributed by atoms with van der Waals surface area (Å²) in [4.78, 5) is 25.2. The van der Waals surface area contributed by atoms with Crippen LogP contribution in [0.15, 0.2) is 33.9 Å². The first-order valence-electron chi connectivity index (χ1n) is 4.60. The molecule has 1 aromatic heterocycles. The number of hydrogen-bond acceptors (Lipinski definition) is 6. The van der Waals surface area contributed by atoms with Crippen LogP contribution in [0.3, 0.4) is 0 Å². The van der Waals surface area contributed by atoms with Crippen molar-refractivity contribution in [3.8, 4) is 0 Å². The van der Waals surface area contributed by atoms with Crippen molar-refractivity contribution in [3.05, 3.63) is 24.3 Å². The summed E-state index contributed by atoms with van der Waals surface area (Å²) in [5, 5.41) is 8.50. The lowest BCUT2D eigenvalue weighted by Crippen LogP contribution is -2.06. The number of benzene rings is 1. The predicted octanol–water partition coefficient (Wildman–Crippen LogP) is 1.85. The molecule has 6 nitrogen and oxygen atoms in total. The summed E-state index contributed by atoms with van der Waals surface area (Å²) in [5.41, 5.74) is 1.22. The molecular formula is C10H7NO5S. The van der Waals surface area contributed by atoms with Crippen LogP contribution in [0, 0.1) is 0 Å². The Morgan fingerprint density at radius 1 is 1.41 bits per heavy atom. The van der Waals surface area contributed by atoms with Crippen LogP contribution in [-0.4, -0.2) is 22.0 Å². The first kappa shape index (κ1) is 11.5. The minimum Gasteiger partial charge on any atom is -0.481 e. The molecule has 0 atom stereocenters. The van der Waals surface area contributed by atoms with E-state index in [0.717, 1.165) is 0 Å². The molecule has 1 aromatic carbocycles. The average Bonchev–Trinajstić information content (AvgIpc) is 2.68. The molecule has 2 rings (SSSR count). The fourth-order valence-corrected chi connectivity index (χ4v) is 1.60. The molecule has 0 spiro atoms. The van der Waals surface area contributed by atoms with Gasteiger partial charge in [0.1, 0.15) is 11.9 Å². The van der Waals surface area contributed by atoms with E-state index in [2.05, 4.69) is 9.17 Å². The van der Waals surface area contributed by atoms with Gasteiger partial charge in [-0.1, -0.05) is 12.1 Å². The maximum absolute atomic E-state index is 10.9. The Kier molecular flexibility index (Phi) is 3.29. The molecule has 17 heavy (non-hydrogen) atoms. The zero-order valence-electron chi connectivity index (χ0n) is 8.45. The van der Waals surface area contributed by atoms with Crippen LogP contribution >= 0.6 is 12.0 Å². The Labute approximate surface area is 99.8 Å². The monoisotopic (exact) mass is 253 g/mol. The molecule has 0 fully saturated rings. The molecule has 0 amide bonds. The van der Waals surface area contributed by atoms with Crippen molar-refractivity contribution >= 4 is 35.1 Å². The number of hydrogen-bond donors (Lipinski definition) is 1. The van der Waals surface area contributed by atoms with Gasteiger partial charge in [0.25, 0.3) is 5.22 Å². The summed E-state index contributed by atoms with van der Waals surface area (Å²) >= 11 is 0.606. The number of aromatic nitrogens is 1. The van der Waals surface area contributed by atoms with Crippen molar-refractivity contribution < 1.29 is 23.3 Å². The SMILES string of the molecule is O=C(O)CC(=O)OSc1nc2ccccc2o1. The highest BCUT2D eigenvalue weighted by molar-refractivity contribution is 7.94. The Bertz CT molecular complexity index is 532. The van der Waals surface area contributed by atoms with E-state index in [0.29, 0.717) is 23.1 Å². The number of carboxylic acid groups (broad SMARTS) is 1. The molecular weight excluding hydrogens is 246 g/mol. The zero-order chi connectivity index (χ0) is 12.3. The fraction of sp³-hybridized carbons (Fsp3) is 0.100. The van der Waals surface area contributed by atoms with Gasteiger partial charge in [-0.15, -0.1) is 0 Å². The summed E-state index contributed by atoms with van der Waals surface area (Å²) in [6, 6.07) is 7.07. The normalized spacial score (nSPS) is 10.4. The first-order chi connectivity index (χ1) is 8.15. The van der Waals surface area contributed by atoms with Gasteiger partial charge in [-0.05, 0) is 12.1 Å². The summed E-state index contributed by atoms with van der Waals surface area (Å²) in [7, 11) is 0. The third-order valence-electron chi connectivity index (χ3n) is 1.78. The molecule has 1 heterocycles. The van der Waals surface area contributed by atoms with E-state index in [1.807, 2.05) is 0 Å². The van der Waals surface area contributed by atoms with Gasteiger partial charge >= 0.3 is 11.9 Å². The summed E-state index contributed by atoms with van der Waals surface area (Å²) in [6.45, 7) is 0. The summed E-state index contributed by atoms with van der Waals surface area (Å²) < 4.78 is 9.86. The Hall–Kier alpha value is -2.02. The highest BCUT2D eigenvalue weighted by Crippen LogP contribution is 2.23. The number of oxazole rings is 1. The van der Waals surface area contributed by atoms with Gasteiger partial charge in [-0.3, -0.25) is 9.59 Å². The molecule has 0 aliphatic carbocycles. The number of carbonyl (C=O) groups is 2. The van der Waals surface area contributed by atoms with Crippen molar-refractivity contribution in [1.82, 2.24) is 4.98 Å². The lowest BCUT2D eigenvalue weighted by molar-refractivity contribution is -0.145. The van der Waals surface area contributed by atoms with E-state index in [4.69, 9.17) is 9.52 Å². The Morgan fingerprint density at radius 2 is 2.18 bits per heavy atom. The van der Waals surface area contributed by atoms with E-state index in [9.17, 15) is 9.59 Å². The molecule has 0 saturated heterocycles. The van der Waals surface area contributed by atoms with Crippen LogP contribution in [0.4, 0.5) is 0 Å². The standard InChI is InChI=1S/C10H7NO5S/c12-8(13)5-9(14)16-17-10-11-6-3-1-2-4-7(6)15-10/h1-4H,5H2,(H,12,13). The minimum absolute atomic E-state index is 0.157. The quantitative estimate of drug-likeness (QED) is 0.656. The highest BCUT2D eigenvalue weighted by atomic mass is 32.2. The molecule has 0 aliphatic rings. The topological polar surface area (TPSA) is 89.6 Å². The van der Waals surface area contributed by atoms with Gasteiger partial charge in [0.15, 0.2) is 17.6 Å². The average molecular weight is 253 g/mol. The lowest BCUT2D eigenvalue weighted by Gasteiger charge is -1.95. The van der Waals surface area contributed by atoms with Gasteiger partial charge < -0.3 is 13.7 Å². The number of fused-ring (bicyclic) bond motifs is 1. The van der Waals surface area contributed by atoms with E-state index in [1.165, 1.54) is 0 Å². The van der Waals surface area contributed by atoms with Crippen LogP contribution in [0.25, 0.3) is 11.1 Å². The second kappa shape index (κ2) is 4.88. The number of carbonyl (C=O) groups excluding carboxylic acids is 1. The molecule has 0 bridgehead atoms. The number of para-hydroxylation sites is 2. The first-order valence-corrected chi connectivity index (χ1v) is 5.34. The Balaban J connectivity index is 1.99. The minimum atomic E-state index is -1.24. The van der Waals surface area contributed by atoms with E-state index in [1.54, 1.807) is 24.3 Å². The third kappa shape index (κ3) is 2.97. The molecule has 88 valence electrons. The van der Waals surface area contributed by atoms with Crippen molar-refractivity contribution in [2.75, 3.05) is 0 Å². The van der Waals surface area contributed by atoms with Crippen LogP contribution < -0.4 is 0 Å². The lowest BCUT2D eigenvalue weighted by atomic mass is 10.3. The van der Waals surface area contributed by atoms with Crippen molar-refractivity contribution in [2.24, 2.45) is 0 Å². The van der Waals surface area contributed by atoms with Crippen molar-refractivity contribution in [1.29, 1.82) is 0 Å². The van der Waals surface area contributed by atoms with Crippen LogP contribution in [-0.2, 0) is 13.8 Å². The summed E-state index contributed by atoms with van der Waals surface area (Å²) in [5.74, 6) is -2.10. The molecule has 1 N–H and O–H groups in total. The van der Waals surface area contributed by atoms with Crippen LogP contribution in [0.1, 0.15) is 6.42 Å². The van der Waals surface area contributed by atoms with Crippen molar-refractivity contribution in [2.45, 2.75) is 11.6 Å². The van der Waals surface area contributed by atoms with Crippen LogP contribution in [0.2, 0.25) is 0 Å². The largest absolute Gasteiger partial charge is 0.481 e. The summed E-state index contributed by atoms with van der Waals surface area (Å²) in [6.07, 6.45) is -0.687. The maximum Gasteiger partial charge on any atom is 0.329 e. The van der Waals surface area contributed by atoms with Gasteiger partial charge in [-0.2, -0.15) is 0 Å². The molecule has 0 saturated carbocycles. The fourth-order valence-electron chi connectivity index (χ4n) is 1.12. The zero-order valence-corrected chi connectivity index (χ0v) is 9.27. The number of rotatable bonds is 4. The van der Waals surface area contributed by atoms with Gasteiger partial charge in [0, 0.05) is 0 Å². The van der Waals surface area contributed by atoms with Crippen LogP contribution in [0.5, 0.6) is 0 Å². The molecule has 0 radical (unpaired) electrons. The second-order valence-electron chi connectivity index (χ2n) is 3.06. The van der Waals surface area contributed by atoms with E-state index >= 15 is 0 Å². The van der Waals surface area contributed by atoms with Gasteiger partial charge in [-0.25, -0.2) is 4.98 Å².